The number of aliphatic hydroxyl groups is 15. The van der Waals surface area contributed by atoms with E-state index in [1.165, 1.54) is 71.0 Å². The van der Waals surface area contributed by atoms with E-state index in [4.69, 9.17) is 61.5 Å². The number of guanidine groups is 2. The van der Waals surface area contributed by atoms with Gasteiger partial charge in [-0.1, -0.05) is 118 Å². The maximum absolute atomic E-state index is 10.3. The van der Waals surface area contributed by atoms with E-state index in [0.29, 0.717) is 72.5 Å². The van der Waals surface area contributed by atoms with Crippen LogP contribution in [0.1, 0.15) is 94.9 Å². The van der Waals surface area contributed by atoms with E-state index in [1.807, 2.05) is 56.5 Å². The Kier molecular flexibility index (Phi) is 32.8. The van der Waals surface area contributed by atoms with Crippen molar-refractivity contribution in [3.8, 4) is 23.9 Å². The third-order valence-corrected chi connectivity index (χ3v) is 24.7. The first-order chi connectivity index (χ1) is 66.6. The molecule has 11 aliphatic heterocycles. The van der Waals surface area contributed by atoms with Gasteiger partial charge in [0.15, 0.2) is 82.9 Å². The zero-order chi connectivity index (χ0) is 97.9. The normalized spacial score (nSPS) is 32.0. The minimum absolute atomic E-state index is 0.0691. The van der Waals surface area contributed by atoms with Crippen molar-refractivity contribution in [1.29, 1.82) is 5.41 Å². The number of aryl methyl sites for hydroxylation is 1. The molecule has 15 heterocycles. The number of amidine groups is 4. The Morgan fingerprint density at radius 1 is 0.551 bits per heavy atom. The summed E-state index contributed by atoms with van der Waals surface area (Å²) >= 11 is 0. The van der Waals surface area contributed by atoms with Crippen LogP contribution in [0.4, 0.5) is 11.6 Å². The minimum Gasteiger partial charge on any atom is -0.463 e. The number of anilines is 2. The Balaban J connectivity index is 0.000000131. The van der Waals surface area contributed by atoms with Gasteiger partial charge in [-0.05, 0) is 65.8 Å². The van der Waals surface area contributed by atoms with E-state index in [0.717, 1.165) is 35.8 Å². The fourth-order valence-corrected chi connectivity index (χ4v) is 17.0. The van der Waals surface area contributed by atoms with Crippen molar-refractivity contribution in [2.24, 2.45) is 73.6 Å². The van der Waals surface area contributed by atoms with Crippen LogP contribution in [0.2, 0.25) is 0 Å². The van der Waals surface area contributed by atoms with Crippen molar-refractivity contribution in [3.63, 3.8) is 0 Å². The first kappa shape index (κ1) is 100. The van der Waals surface area contributed by atoms with Gasteiger partial charge in [0, 0.05) is 31.7 Å². The molecule has 4 aromatic heterocycles. The predicted molar refractivity (Wildman–Crippen MR) is 500 cm³/mol. The summed E-state index contributed by atoms with van der Waals surface area (Å²) in [5.41, 5.74) is 31.5. The monoisotopic (exact) mass is 1920 g/mol. The molecular formula is C87H117N29O22. The number of benzene rings is 3. The minimum atomic E-state index is -1.27. The average molecular weight is 1920 g/mol. The first-order valence-corrected chi connectivity index (χ1v) is 45.3. The van der Waals surface area contributed by atoms with E-state index in [2.05, 4.69) is 152 Å². The molecule has 51 heteroatoms. The highest BCUT2D eigenvalue weighted by molar-refractivity contribution is 6.10. The standard InChI is InChI=1S/C22H23N5O5.C19H23N5O5.C17H27N7O4.C15H25N7O4.C14H19N5O4/c23-19-16-20(27(11-24-16)21-18(30)17(29)15(10-28)32-21)26-22(25-19)31-8-7-12-5-6-13-3-1-2-4-14(13)9-12;1-10-2-4-11(5-3-10)6-7-28-19-22-16(20)13-17(23-19)24(9-21-13)18-15(27)14(26)12(8-25)29-18;18-14-11-15(22-17(21-14)23-20-6-9-4-2-1-3-5-9)24(8-19-11)16-13(27)12(26)10(7-25)28-16;1-7(2)3-4-18-21-15-19-12(16)9-13(20-15)22(6-17-9)14-11(25)10(24)8(5-23)26-14;1-2-3-4-8-17-12(15)9-13(18-8)19(6-16-9)14-11(22)10(21)7(5-20)23-14/h1-6,9,11,15,17-18,21,28-30H,7-8,10H2,(H2,23,25,26);2-5,9,12,14-15,18,25-27H,6-8H2,1H3,(H2,20,22,23);6,8-13,15-16,25-27H,1-5,7H2,(H3,18,21,22,23);4,6-11,13-14,23-25H,3,5H2,1-2H3,(H3,16,19,20,21);6-7,9-11,13-14,20-22H,2,5H2,1H3,(H2,15,17,18)/b;;20-6-;18-4-;/t15?,17-,18-,21?;12?,14-,15-,18?;10?,11?,12-,13-,15?,16?;8?,9?,10-,11-,13?,14?;7?,9?,10-,11-,13?,14?/m11111/s1. The van der Waals surface area contributed by atoms with Crippen LogP contribution in [-0.4, -0.2) is 390 Å². The SMILES string of the molecule is CC(C)C/C=N\NC1=NC2C(N=CN2C2OC(CO)[C@@H](O)[C@H]2O)C(N)=N1.CCC#CC1=NC(=N)C2N=CN(C3OC(CO)[C@@H](O)[C@H]3O)C2N1.Cc1ccc(CCOc2nc(N)c3ncn(C4OC(CO)[C@@H](O)[C@H]4O)c3n2)cc1.NC1=NC(=N/N=C\C2CCCCC2)NC2C1N=CN2C1OC(CO)[C@@H](O)[C@H]1O.Nc1nc(OCCc2ccc3ccccc3c2)nc2c1ncn2C1OC(CO)[C@@H](O)[C@H]1O. The van der Waals surface area contributed by atoms with Gasteiger partial charge in [-0.15, -0.1) is 5.10 Å². The molecule has 16 unspecified atom stereocenters. The molecule has 0 spiro atoms. The number of rotatable bonds is 23. The quantitative estimate of drug-likeness (QED) is 0.0162. The van der Waals surface area contributed by atoms with Crippen molar-refractivity contribution in [2.45, 2.75) is 245 Å². The van der Waals surface area contributed by atoms with Gasteiger partial charge in [0.2, 0.25) is 11.9 Å². The number of aliphatic imine (C=N–C) groups is 7. The summed E-state index contributed by atoms with van der Waals surface area (Å²) in [6.07, 6.45) is -3.16. The number of nitrogens with one attached hydrogen (secondary N) is 4. The number of hydrogen-bond acceptors (Lipinski definition) is 46. The van der Waals surface area contributed by atoms with Crippen molar-refractivity contribution < 1.29 is 110 Å². The lowest BCUT2D eigenvalue weighted by Gasteiger charge is -2.35. The fourth-order valence-electron chi connectivity index (χ4n) is 17.0. The van der Waals surface area contributed by atoms with Crippen molar-refractivity contribution in [3.05, 3.63) is 96.1 Å². The number of imidazole rings is 2. The largest absolute Gasteiger partial charge is 0.463 e. The Labute approximate surface area is 789 Å². The summed E-state index contributed by atoms with van der Waals surface area (Å²) in [4.78, 5) is 59.8. The van der Waals surface area contributed by atoms with Gasteiger partial charge in [-0.3, -0.25) is 29.5 Å². The molecule has 6 fully saturated rings. The summed E-state index contributed by atoms with van der Waals surface area (Å²) in [5, 5.41) is 176. The number of ether oxygens (including phenoxy) is 7. The number of nitrogens with two attached hydrogens (primary N) is 4. The second-order valence-electron chi connectivity index (χ2n) is 34.7. The van der Waals surface area contributed by atoms with Crippen LogP contribution < -0.4 is 48.5 Å². The second kappa shape index (κ2) is 45.1. The lowest BCUT2D eigenvalue weighted by Crippen LogP contribution is -2.61. The smallest absolute Gasteiger partial charge is 0.320 e. The number of aromatic nitrogens is 8. The molecule has 0 bridgehead atoms. The van der Waals surface area contributed by atoms with Gasteiger partial charge >= 0.3 is 12.0 Å². The second-order valence-corrected chi connectivity index (χ2v) is 34.7. The van der Waals surface area contributed by atoms with Gasteiger partial charge < -0.3 is 158 Å². The zero-order valence-electron chi connectivity index (χ0n) is 75.6. The number of nitrogen functional groups attached to an aromatic ring is 2. The van der Waals surface area contributed by atoms with Crippen LogP contribution in [0, 0.1) is 36.0 Å². The topological polar surface area (TPSA) is 753 Å². The summed E-state index contributed by atoms with van der Waals surface area (Å²) in [7, 11) is 0. The highest BCUT2D eigenvalue weighted by Crippen LogP contribution is 2.38. The lowest BCUT2D eigenvalue weighted by molar-refractivity contribution is -0.0803. The number of nitrogens with zero attached hydrogens (tertiary/aromatic N) is 21. The lowest BCUT2D eigenvalue weighted by atomic mass is 9.90. The number of hydrazone groups is 1. The molecule has 5 saturated heterocycles. The fraction of sp³-hybridized carbons (Fsp3) is 0.552. The molecule has 138 heavy (non-hydrogen) atoms. The third kappa shape index (κ3) is 22.2. The van der Waals surface area contributed by atoms with E-state index < -0.39 is 192 Å². The van der Waals surface area contributed by atoms with Crippen LogP contribution in [0.25, 0.3) is 33.1 Å². The van der Waals surface area contributed by atoms with Crippen LogP contribution in [0.15, 0.2) is 130 Å². The van der Waals surface area contributed by atoms with Crippen LogP contribution in [0.5, 0.6) is 12.0 Å². The van der Waals surface area contributed by atoms with Gasteiger partial charge in [-0.25, -0.2) is 25.4 Å². The Bertz CT molecular complexity index is 5760. The molecular weight excluding hydrogens is 1800 g/mol. The maximum Gasteiger partial charge on any atom is 0.320 e. The molecule has 1 saturated carbocycles. The summed E-state index contributed by atoms with van der Waals surface area (Å²) < 4.78 is 42.1. The van der Waals surface area contributed by atoms with Crippen molar-refractivity contribution in [1.82, 2.24) is 69.8 Å². The number of fused-ring (bicyclic) bond motifs is 6. The molecule has 0 amide bonds. The molecule has 19 rings (SSSR count). The first-order valence-electron chi connectivity index (χ1n) is 45.3. The van der Waals surface area contributed by atoms with Crippen LogP contribution in [-0.2, 0) is 36.5 Å². The maximum atomic E-state index is 10.3. The van der Waals surface area contributed by atoms with E-state index >= 15 is 0 Å². The molecule has 51 nitrogen and oxygen atoms in total. The van der Waals surface area contributed by atoms with E-state index in [-0.39, 0.29) is 53.1 Å². The van der Waals surface area contributed by atoms with Gasteiger partial charge in [0.05, 0.1) is 77.9 Å². The van der Waals surface area contributed by atoms with Gasteiger partial charge in [-0.2, -0.15) is 40.1 Å². The van der Waals surface area contributed by atoms with Crippen LogP contribution >= 0.6 is 0 Å². The molecule has 27 N–H and O–H groups in total. The highest BCUT2D eigenvalue weighted by Gasteiger charge is 2.55. The molecule has 742 valence electrons. The summed E-state index contributed by atoms with van der Waals surface area (Å²) in [5.74, 6) is 8.36. The van der Waals surface area contributed by atoms with Gasteiger partial charge in [0.25, 0.3) is 0 Å². The summed E-state index contributed by atoms with van der Waals surface area (Å²) in [6.45, 7) is 6.75. The van der Waals surface area contributed by atoms with E-state index in [1.54, 1.807) is 20.9 Å². The third-order valence-electron chi connectivity index (χ3n) is 24.7. The molecule has 26 atom stereocenters. The Morgan fingerprint density at radius 3 is 1.54 bits per heavy atom. The Hall–Kier alpha value is -12.3. The van der Waals surface area contributed by atoms with Crippen molar-refractivity contribution in [2.75, 3.05) is 57.7 Å². The number of hydrogen-bond donors (Lipinski definition) is 23. The number of aliphatic hydroxyl groups excluding tert-OH is 15. The van der Waals surface area contributed by atoms with Crippen LogP contribution in [0.3, 0.4) is 0 Å². The van der Waals surface area contributed by atoms with E-state index in [9.17, 15) is 76.6 Å². The summed E-state index contributed by atoms with van der Waals surface area (Å²) in [6, 6.07) is 21.2. The average Bonchev–Trinajstić information content (AvgIpc) is 1.64. The zero-order valence-corrected chi connectivity index (χ0v) is 75.6. The Morgan fingerprint density at radius 2 is 1.02 bits per heavy atom. The molecule has 3 aromatic carbocycles. The molecule has 12 aliphatic rings. The van der Waals surface area contributed by atoms with Crippen molar-refractivity contribution >= 4 is 111 Å². The van der Waals surface area contributed by atoms with Gasteiger partial charge in [0.1, 0.15) is 134 Å². The molecule has 1 aliphatic carbocycles. The predicted octanol–water partition coefficient (Wildman–Crippen LogP) is -5.24. The highest BCUT2D eigenvalue weighted by atomic mass is 16.6. The molecule has 0 radical (unpaired) electrons. The molecule has 7 aromatic rings.